The average Bonchev–Trinajstić information content (AvgIpc) is 2.11. The van der Waals surface area contributed by atoms with Gasteiger partial charge in [0, 0.05) is 5.19 Å². The lowest BCUT2D eigenvalue weighted by Gasteiger charge is -2.23. The third kappa shape index (κ3) is 7.99. The van der Waals surface area contributed by atoms with Crippen molar-refractivity contribution in [3.05, 3.63) is 192 Å². The Morgan fingerprint density at radius 3 is 0.280 bits per heavy atom. The van der Waals surface area contributed by atoms with Crippen LogP contribution in [0.25, 0.3) is 77.9 Å². The maximum atomic E-state index is 17.8. The summed E-state index contributed by atoms with van der Waals surface area (Å²) in [6.45, 7) is 0. The molecule has 427 valence electrons. The van der Waals surface area contributed by atoms with Gasteiger partial charge in [0.25, 0.3) is 0 Å². The molecule has 0 unspecified atom stereocenters. The Kier molecular flexibility index (Phi) is 14.8. The van der Waals surface area contributed by atoms with Crippen molar-refractivity contribution in [1.82, 2.24) is 0 Å². The summed E-state index contributed by atoms with van der Waals surface area (Å²) < 4.78 is 515. The van der Waals surface area contributed by atoms with Crippen LogP contribution in [0.1, 0.15) is 0 Å². The minimum atomic E-state index is -4.12. The lowest BCUT2D eigenvalue weighted by molar-refractivity contribution is 0.379. The molecule has 0 amide bonds. The zero-order valence-corrected chi connectivity index (χ0v) is 38.0. The molecule has 0 saturated heterocycles. The summed E-state index contributed by atoms with van der Waals surface area (Å²) in [7, 11) is 1.88. The molecule has 0 heterocycles. The molecular weight excluding hydrogens is 1230 g/mol. The molecule has 8 aromatic rings. The van der Waals surface area contributed by atoms with Crippen LogP contribution in [0.4, 0.5) is 145 Å². The Bertz CT molecular complexity index is 3690. The molecule has 8 aromatic carbocycles. The van der Waals surface area contributed by atoms with Crippen LogP contribution in [0.5, 0.6) is 0 Å². The first-order valence-corrected chi connectivity index (χ1v) is 20.7. The number of rotatable bonds is 7. The molecule has 0 bridgehead atoms. The van der Waals surface area contributed by atoms with Crippen LogP contribution < -0.4 is 5.19 Å². The van der Waals surface area contributed by atoms with E-state index in [0.29, 0.717) is 0 Å². The largest absolute Gasteiger partial charge is 0.205 e. The second kappa shape index (κ2) is 20.3. The molecule has 0 aliphatic heterocycles. The van der Waals surface area contributed by atoms with Crippen molar-refractivity contribution in [1.29, 1.82) is 0 Å². The van der Waals surface area contributed by atoms with Gasteiger partial charge in [-0.2, -0.15) is 0 Å². The van der Waals surface area contributed by atoms with Crippen molar-refractivity contribution in [2.45, 2.75) is 0 Å². The normalized spacial score (nSPS) is 11.8. The van der Waals surface area contributed by atoms with Crippen LogP contribution in [0.15, 0.2) is 0 Å². The van der Waals surface area contributed by atoms with Gasteiger partial charge in [-0.1, -0.05) is 0 Å². The van der Waals surface area contributed by atoms with E-state index < -0.39 is 275 Å². The molecule has 34 heteroatoms. The highest BCUT2D eigenvalue weighted by atomic mass is 28.1. The topological polar surface area (TPSA) is 0 Å². The van der Waals surface area contributed by atoms with Crippen molar-refractivity contribution in [2.75, 3.05) is 0 Å². The Morgan fingerprint density at radius 2 is 0.171 bits per heavy atom. The van der Waals surface area contributed by atoms with Crippen molar-refractivity contribution in [3.8, 4) is 77.9 Å². The molecule has 0 N–H and O–H groups in total. The summed E-state index contributed by atoms with van der Waals surface area (Å²) >= 11 is 0. The van der Waals surface area contributed by atoms with Crippen LogP contribution in [0.2, 0.25) is 0 Å². The molecule has 82 heavy (non-hydrogen) atoms. The highest BCUT2D eigenvalue weighted by Crippen LogP contribution is 2.54. The molecule has 0 aromatic heterocycles. The minimum absolute atomic E-state index is 1.88. The highest BCUT2D eigenvalue weighted by Gasteiger charge is 2.45. The van der Waals surface area contributed by atoms with E-state index in [9.17, 15) is 52.7 Å². The van der Waals surface area contributed by atoms with Crippen molar-refractivity contribution in [2.24, 2.45) is 0 Å². The average molecular weight is 1230 g/mol. The summed E-state index contributed by atoms with van der Waals surface area (Å²) in [6, 6.07) is 0. The first-order chi connectivity index (χ1) is 38.0. The molecule has 0 saturated carbocycles. The van der Waals surface area contributed by atoms with Crippen LogP contribution >= 0.6 is 0 Å². The highest BCUT2D eigenvalue weighted by molar-refractivity contribution is 6.32. The Hall–Kier alpha value is -8.33. The van der Waals surface area contributed by atoms with Crippen molar-refractivity contribution < 1.29 is 145 Å². The van der Waals surface area contributed by atoms with Gasteiger partial charge in [-0.05, 0) is 0 Å². The quantitative estimate of drug-likeness (QED) is 0.0646. The Balaban J connectivity index is 1.77. The first kappa shape index (κ1) is 59.8. The first-order valence-electron chi connectivity index (χ1n) is 20.2. The number of hydrogen-bond acceptors (Lipinski definition) is 0. The van der Waals surface area contributed by atoms with Crippen LogP contribution in [0.3, 0.4) is 0 Å². The monoisotopic (exact) mass is 1230 g/mol. The summed E-state index contributed by atoms with van der Waals surface area (Å²) in [5, 5.41) is -2.16. The lowest BCUT2D eigenvalue weighted by atomic mass is 9.84. The SMILES string of the molecule is Fc1c(F)c(F)c(-c2c(F)c(-c3c(F)c(F)c(F)c(F)c3F)c(F)c(-c3c(F)c(-c4c(F)c(F)c([Si])c(F)c4F)c(F)c(-c4c(F)c(-c5c(F)c(F)c(F)c(F)c5F)c(F)c(-c5c(F)c(F)c(F)c(F)c5F)c4F)c3F)c2F)c(F)c1F. The van der Waals surface area contributed by atoms with Gasteiger partial charge < -0.3 is 0 Å². The summed E-state index contributed by atoms with van der Waals surface area (Å²) in [5.74, 6) is -119. The third-order valence-corrected chi connectivity index (χ3v) is 12.2. The van der Waals surface area contributed by atoms with E-state index in [-0.39, 0.29) is 0 Å². The van der Waals surface area contributed by atoms with E-state index in [1.54, 1.807) is 0 Å². The van der Waals surface area contributed by atoms with Crippen molar-refractivity contribution in [3.63, 3.8) is 0 Å². The molecule has 0 aliphatic rings. The van der Waals surface area contributed by atoms with E-state index in [4.69, 9.17) is 0 Å². The Labute approximate surface area is 429 Å². The summed E-state index contributed by atoms with van der Waals surface area (Å²) in [6.07, 6.45) is 0. The van der Waals surface area contributed by atoms with Crippen LogP contribution in [-0.4, -0.2) is 10.2 Å². The van der Waals surface area contributed by atoms with E-state index in [2.05, 4.69) is 0 Å². The van der Waals surface area contributed by atoms with E-state index in [1.807, 2.05) is 10.2 Å². The maximum Gasteiger partial charge on any atom is 0.200 e. The van der Waals surface area contributed by atoms with Gasteiger partial charge in [0.2, 0.25) is 23.3 Å². The molecule has 0 fully saturated rings. The fourth-order valence-corrected chi connectivity index (χ4v) is 8.34. The second-order valence-corrected chi connectivity index (χ2v) is 16.5. The summed E-state index contributed by atoms with van der Waals surface area (Å²) in [5.41, 5.74) is -49.5. The van der Waals surface area contributed by atoms with Gasteiger partial charge in [0.15, 0.2) is 116 Å². The second-order valence-electron chi connectivity index (χ2n) is 16.0. The number of hydrogen-bond donors (Lipinski definition) is 0. The molecule has 8 rings (SSSR count). The van der Waals surface area contributed by atoms with Crippen LogP contribution in [-0.2, 0) is 0 Å². The maximum absolute atomic E-state index is 17.8. The minimum Gasteiger partial charge on any atom is -0.205 e. The van der Waals surface area contributed by atoms with E-state index in [0.717, 1.165) is 0 Å². The number of benzene rings is 8. The molecule has 0 nitrogen and oxygen atoms in total. The molecule has 0 atom stereocenters. The molecule has 3 radical (unpaired) electrons. The van der Waals surface area contributed by atoms with Gasteiger partial charge in [-0.25, -0.2) is 145 Å². The van der Waals surface area contributed by atoms with E-state index in [1.165, 1.54) is 0 Å². The zero-order chi connectivity index (χ0) is 61.7. The predicted molar refractivity (Wildman–Crippen MR) is 208 cm³/mol. The number of halogens is 33. The van der Waals surface area contributed by atoms with Gasteiger partial charge in [-0.3, -0.25) is 0 Å². The van der Waals surface area contributed by atoms with Crippen LogP contribution in [0, 0.1) is 192 Å². The third-order valence-electron chi connectivity index (χ3n) is 11.8. The Morgan fingerprint density at radius 1 is 0.0976 bits per heavy atom. The molecule has 0 aliphatic carbocycles. The zero-order valence-electron chi connectivity index (χ0n) is 37.0. The van der Waals surface area contributed by atoms with Gasteiger partial charge in [-0.15, -0.1) is 0 Å². The van der Waals surface area contributed by atoms with Crippen molar-refractivity contribution >= 4 is 15.4 Å². The lowest BCUT2D eigenvalue weighted by Crippen LogP contribution is -2.21. The van der Waals surface area contributed by atoms with Gasteiger partial charge >= 0.3 is 0 Å². The predicted octanol–water partition coefficient (Wildman–Crippen LogP) is 16.7. The standard InChI is InChI=1S/C48F33Si/c49-15-1(3-16(50)5(10-24(58)34(68)42(76)35(69)25(10)59)22(56)6(17(3)51)11-26(60)36(70)43(77)37(71)27(11)61)20(54)9(14-32(66)46(80)48(82)47(81)33(14)67)21(55)2(15)4-18(52)7(12-28(62)38(72)44(78)39(73)29(12)63)23(57)8(19(4)53)13-30(64)40(74)45(79)41(75)31(13)65. The fourth-order valence-electron chi connectivity index (χ4n) is 8.12. The van der Waals surface area contributed by atoms with Gasteiger partial charge in [0.1, 0.15) is 52.4 Å². The van der Waals surface area contributed by atoms with Gasteiger partial charge in [0.05, 0.1) is 88.1 Å². The smallest absolute Gasteiger partial charge is 0.200 e. The molecular formula is C48F33Si. The van der Waals surface area contributed by atoms with E-state index >= 15 is 92.2 Å². The fraction of sp³-hybridized carbons (Fsp3) is 0. The molecule has 0 spiro atoms. The summed E-state index contributed by atoms with van der Waals surface area (Å²) in [4.78, 5) is 0.